The number of aromatic nitrogens is 2. The lowest BCUT2D eigenvalue weighted by atomic mass is 10.1. The van der Waals surface area contributed by atoms with Gasteiger partial charge in [-0.25, -0.2) is 0 Å². The number of hydrogen-bond donors (Lipinski definition) is 0. The van der Waals surface area contributed by atoms with Crippen LogP contribution in [-0.2, 0) is 5.75 Å². The Kier molecular flexibility index (Phi) is 4.58. The molecular weight excluding hydrogens is 258 g/mol. The molecule has 0 aliphatic heterocycles. The first-order valence-corrected chi connectivity index (χ1v) is 7.25. The molecule has 0 spiro atoms. The highest BCUT2D eigenvalue weighted by Gasteiger charge is 2.09. The second kappa shape index (κ2) is 6.39. The van der Waals surface area contributed by atoms with Crippen molar-refractivity contribution in [1.29, 1.82) is 5.26 Å². The molecule has 0 saturated carbocycles. The zero-order valence-corrected chi connectivity index (χ0v) is 11.8. The van der Waals surface area contributed by atoms with Gasteiger partial charge in [0.05, 0.1) is 17.4 Å². The van der Waals surface area contributed by atoms with Crippen molar-refractivity contribution in [2.24, 2.45) is 5.92 Å². The Balaban J connectivity index is 2.06. The van der Waals surface area contributed by atoms with Gasteiger partial charge < -0.3 is 4.42 Å². The maximum Gasteiger partial charge on any atom is 0.247 e. The first-order chi connectivity index (χ1) is 9.19. The van der Waals surface area contributed by atoms with E-state index in [1.165, 1.54) is 0 Å². The summed E-state index contributed by atoms with van der Waals surface area (Å²) in [6, 6.07) is 9.27. The summed E-state index contributed by atoms with van der Waals surface area (Å²) < 4.78 is 5.60. The average molecular weight is 273 g/mol. The lowest BCUT2D eigenvalue weighted by Gasteiger charge is -2.00. The normalized spacial score (nSPS) is 10.6. The van der Waals surface area contributed by atoms with E-state index in [0.29, 0.717) is 23.3 Å². The fraction of sp³-hybridized carbons (Fsp3) is 0.357. The summed E-state index contributed by atoms with van der Waals surface area (Å²) in [6.07, 6.45) is 0. The second-order valence-electron chi connectivity index (χ2n) is 4.60. The lowest BCUT2D eigenvalue weighted by molar-refractivity contribution is 0.528. The summed E-state index contributed by atoms with van der Waals surface area (Å²) in [5.41, 5.74) is 1.37. The molecule has 1 aromatic heterocycles. The predicted octanol–water partition coefficient (Wildman–Crippen LogP) is 3.50. The molecule has 0 unspecified atom stereocenters. The van der Waals surface area contributed by atoms with Gasteiger partial charge in [0, 0.05) is 5.56 Å². The van der Waals surface area contributed by atoms with Crippen molar-refractivity contribution in [3.63, 3.8) is 0 Å². The van der Waals surface area contributed by atoms with Gasteiger partial charge in [0.15, 0.2) is 0 Å². The first kappa shape index (κ1) is 13.6. The molecule has 0 radical (unpaired) electrons. The molecule has 0 atom stereocenters. The van der Waals surface area contributed by atoms with E-state index in [9.17, 15) is 0 Å². The number of rotatable bonds is 5. The van der Waals surface area contributed by atoms with Crippen LogP contribution in [0.5, 0.6) is 0 Å². The van der Waals surface area contributed by atoms with Crippen molar-refractivity contribution in [3.8, 4) is 17.5 Å². The van der Waals surface area contributed by atoms with Gasteiger partial charge >= 0.3 is 0 Å². The quantitative estimate of drug-likeness (QED) is 0.834. The third-order valence-corrected chi connectivity index (χ3v) is 3.74. The Bertz CT molecular complexity index is 586. The van der Waals surface area contributed by atoms with Crippen LogP contribution in [-0.4, -0.2) is 16.0 Å². The molecule has 0 aliphatic carbocycles. The summed E-state index contributed by atoms with van der Waals surface area (Å²) in [5.74, 6) is 3.55. The molecule has 5 heteroatoms. The third kappa shape index (κ3) is 3.83. The summed E-state index contributed by atoms with van der Waals surface area (Å²) in [4.78, 5) is 0. The fourth-order valence-electron chi connectivity index (χ4n) is 1.53. The van der Waals surface area contributed by atoms with Gasteiger partial charge in [-0.05, 0) is 29.9 Å². The molecule has 19 heavy (non-hydrogen) atoms. The summed E-state index contributed by atoms with van der Waals surface area (Å²) >= 11 is 1.78. The van der Waals surface area contributed by atoms with E-state index < -0.39 is 0 Å². The smallest absolute Gasteiger partial charge is 0.247 e. The SMILES string of the molecule is CC(C)CSCc1nnc(-c2cccc(C#N)c2)o1. The predicted molar refractivity (Wildman–Crippen MR) is 75.4 cm³/mol. The maximum atomic E-state index is 8.86. The Morgan fingerprint density at radius 2 is 2.21 bits per heavy atom. The largest absolute Gasteiger partial charge is 0.420 e. The lowest BCUT2D eigenvalue weighted by Crippen LogP contribution is -1.91. The molecule has 2 aromatic rings. The summed E-state index contributed by atoms with van der Waals surface area (Å²) in [7, 11) is 0. The average Bonchev–Trinajstić information content (AvgIpc) is 2.87. The number of hydrogen-bond acceptors (Lipinski definition) is 5. The van der Waals surface area contributed by atoms with Crippen molar-refractivity contribution in [2.45, 2.75) is 19.6 Å². The Labute approximate surface area is 116 Å². The Morgan fingerprint density at radius 3 is 2.95 bits per heavy atom. The van der Waals surface area contributed by atoms with Gasteiger partial charge in [-0.2, -0.15) is 17.0 Å². The van der Waals surface area contributed by atoms with Crippen LogP contribution < -0.4 is 0 Å². The van der Waals surface area contributed by atoms with Crippen LogP contribution >= 0.6 is 11.8 Å². The molecule has 0 fully saturated rings. The second-order valence-corrected chi connectivity index (χ2v) is 5.63. The van der Waals surface area contributed by atoms with E-state index in [1.807, 2.05) is 12.1 Å². The van der Waals surface area contributed by atoms with Gasteiger partial charge in [-0.3, -0.25) is 0 Å². The highest BCUT2D eigenvalue weighted by atomic mass is 32.2. The van der Waals surface area contributed by atoms with Gasteiger partial charge in [0.2, 0.25) is 11.8 Å². The minimum atomic E-state index is 0.470. The summed E-state index contributed by atoms with van der Waals surface area (Å²) in [6.45, 7) is 4.36. The number of nitriles is 1. The zero-order chi connectivity index (χ0) is 13.7. The molecular formula is C14H15N3OS. The van der Waals surface area contributed by atoms with Crippen molar-refractivity contribution in [1.82, 2.24) is 10.2 Å². The minimum Gasteiger partial charge on any atom is -0.420 e. The number of nitrogens with zero attached hydrogens (tertiary/aromatic N) is 3. The van der Waals surface area contributed by atoms with Crippen LogP contribution in [0.4, 0.5) is 0 Å². The fourth-order valence-corrected chi connectivity index (χ4v) is 2.41. The molecule has 0 amide bonds. The monoisotopic (exact) mass is 273 g/mol. The van der Waals surface area contributed by atoms with E-state index in [4.69, 9.17) is 9.68 Å². The van der Waals surface area contributed by atoms with E-state index >= 15 is 0 Å². The highest BCUT2D eigenvalue weighted by molar-refractivity contribution is 7.98. The number of thioether (sulfide) groups is 1. The van der Waals surface area contributed by atoms with E-state index in [-0.39, 0.29) is 0 Å². The van der Waals surface area contributed by atoms with Crippen molar-refractivity contribution in [3.05, 3.63) is 35.7 Å². The summed E-state index contributed by atoms with van der Waals surface area (Å²) in [5, 5.41) is 16.9. The van der Waals surface area contributed by atoms with Gasteiger partial charge in [0.25, 0.3) is 0 Å². The van der Waals surface area contributed by atoms with E-state index in [1.54, 1.807) is 23.9 Å². The van der Waals surface area contributed by atoms with E-state index in [2.05, 4.69) is 30.1 Å². The molecule has 1 heterocycles. The van der Waals surface area contributed by atoms with Gasteiger partial charge in [0.1, 0.15) is 0 Å². The van der Waals surface area contributed by atoms with Crippen LogP contribution in [0.3, 0.4) is 0 Å². The molecule has 4 nitrogen and oxygen atoms in total. The van der Waals surface area contributed by atoms with Gasteiger partial charge in [-0.15, -0.1) is 10.2 Å². The zero-order valence-electron chi connectivity index (χ0n) is 11.0. The van der Waals surface area contributed by atoms with Crippen LogP contribution in [0.1, 0.15) is 25.3 Å². The highest BCUT2D eigenvalue weighted by Crippen LogP contribution is 2.21. The van der Waals surface area contributed by atoms with Crippen LogP contribution in [0, 0.1) is 17.2 Å². The van der Waals surface area contributed by atoms with Gasteiger partial charge in [-0.1, -0.05) is 19.9 Å². The molecule has 0 saturated heterocycles. The third-order valence-electron chi connectivity index (χ3n) is 2.38. The van der Waals surface area contributed by atoms with Crippen LogP contribution in [0.25, 0.3) is 11.5 Å². The molecule has 0 aliphatic rings. The minimum absolute atomic E-state index is 0.470. The Morgan fingerprint density at radius 1 is 1.37 bits per heavy atom. The van der Waals surface area contributed by atoms with Crippen LogP contribution in [0.2, 0.25) is 0 Å². The molecule has 0 N–H and O–H groups in total. The van der Waals surface area contributed by atoms with Crippen molar-refractivity contribution >= 4 is 11.8 Å². The van der Waals surface area contributed by atoms with E-state index in [0.717, 1.165) is 17.1 Å². The van der Waals surface area contributed by atoms with Crippen molar-refractivity contribution < 1.29 is 4.42 Å². The molecule has 1 aromatic carbocycles. The maximum absolute atomic E-state index is 8.86. The molecule has 0 bridgehead atoms. The molecule has 98 valence electrons. The Hall–Kier alpha value is -1.80. The topological polar surface area (TPSA) is 62.7 Å². The molecule has 2 rings (SSSR count). The number of benzene rings is 1. The first-order valence-electron chi connectivity index (χ1n) is 6.09. The van der Waals surface area contributed by atoms with Crippen molar-refractivity contribution in [2.75, 3.05) is 5.75 Å². The standard InChI is InChI=1S/C14H15N3OS/c1-10(2)8-19-9-13-16-17-14(18-13)12-5-3-4-11(6-12)7-15/h3-6,10H,8-9H2,1-2H3. The van der Waals surface area contributed by atoms with Crippen LogP contribution in [0.15, 0.2) is 28.7 Å².